The Morgan fingerprint density at radius 2 is 2.00 bits per heavy atom. The van der Waals surface area contributed by atoms with Crippen molar-refractivity contribution in [1.82, 2.24) is 0 Å². The molecule has 0 saturated heterocycles. The Balaban J connectivity index is 2.75. The van der Waals surface area contributed by atoms with Crippen LogP contribution in [0.1, 0.15) is 10.6 Å². The fourth-order valence-electron chi connectivity index (χ4n) is 1.53. The summed E-state index contributed by atoms with van der Waals surface area (Å²) in [5.74, 6) is -0.527. The maximum atomic E-state index is 11.0. The second-order valence-corrected chi connectivity index (χ2v) is 3.14. The van der Waals surface area contributed by atoms with Crippen LogP contribution in [0.25, 0.3) is 10.8 Å². The summed E-state index contributed by atoms with van der Waals surface area (Å²) in [4.78, 5) is 11.0. The zero-order valence-corrected chi connectivity index (χ0v) is 8.81. The van der Waals surface area contributed by atoms with Crippen LogP contribution in [0.5, 0.6) is 11.7 Å². The van der Waals surface area contributed by atoms with Crippen molar-refractivity contribution in [2.75, 3.05) is 14.2 Å². The van der Waals surface area contributed by atoms with Crippen LogP contribution in [-0.2, 0) is 0 Å². The fourth-order valence-corrected chi connectivity index (χ4v) is 1.53. The molecule has 5 heteroatoms. The molecule has 0 atom stereocenters. The Hall–Kier alpha value is -2.17. The molecule has 0 unspecified atom stereocenters. The number of hydrogen-bond donors (Lipinski definition) is 1. The Bertz CT molecular complexity index is 541. The van der Waals surface area contributed by atoms with Gasteiger partial charge in [-0.3, -0.25) is 0 Å². The number of rotatable bonds is 3. The van der Waals surface area contributed by atoms with E-state index < -0.39 is 5.97 Å². The summed E-state index contributed by atoms with van der Waals surface area (Å²) < 4.78 is 15.1. The molecule has 0 aliphatic rings. The molecule has 0 amide bonds. The molecule has 2 aromatic rings. The van der Waals surface area contributed by atoms with E-state index in [1.54, 1.807) is 18.2 Å². The van der Waals surface area contributed by atoms with Crippen LogP contribution >= 0.6 is 0 Å². The predicted octanol–water partition coefficient (Wildman–Crippen LogP) is 2.15. The van der Waals surface area contributed by atoms with E-state index in [4.69, 9.17) is 19.0 Å². The van der Waals surface area contributed by atoms with Crippen molar-refractivity contribution in [3.8, 4) is 11.7 Å². The summed E-state index contributed by atoms with van der Waals surface area (Å²) in [5, 5.41) is 10.0. The van der Waals surface area contributed by atoms with Gasteiger partial charge in [-0.1, -0.05) is 0 Å². The summed E-state index contributed by atoms with van der Waals surface area (Å²) in [7, 11) is 2.94. The SMILES string of the molecule is COc1ccc2c(OC)oc(C(=O)O)c2c1. The maximum absolute atomic E-state index is 11.0. The lowest BCUT2D eigenvalue weighted by Crippen LogP contribution is -1.93. The molecule has 0 bridgehead atoms. The van der Waals surface area contributed by atoms with Gasteiger partial charge in [-0.15, -0.1) is 0 Å². The molecule has 0 saturated carbocycles. The highest BCUT2D eigenvalue weighted by Gasteiger charge is 2.19. The van der Waals surface area contributed by atoms with Crippen LogP contribution in [0, 0.1) is 0 Å². The van der Waals surface area contributed by atoms with Crippen LogP contribution in [0.3, 0.4) is 0 Å². The number of methoxy groups -OCH3 is 2. The molecule has 0 radical (unpaired) electrons. The van der Waals surface area contributed by atoms with Gasteiger partial charge < -0.3 is 19.0 Å². The van der Waals surface area contributed by atoms with Crippen molar-refractivity contribution in [2.45, 2.75) is 0 Å². The van der Waals surface area contributed by atoms with Gasteiger partial charge in [0, 0.05) is 5.39 Å². The third-order valence-corrected chi connectivity index (χ3v) is 2.27. The van der Waals surface area contributed by atoms with Gasteiger partial charge >= 0.3 is 5.97 Å². The number of fused-ring (bicyclic) bond motifs is 1. The first-order valence-corrected chi connectivity index (χ1v) is 4.55. The molecular weight excluding hydrogens is 212 g/mol. The molecule has 0 aliphatic heterocycles. The largest absolute Gasteiger partial charge is 0.497 e. The monoisotopic (exact) mass is 222 g/mol. The van der Waals surface area contributed by atoms with E-state index in [2.05, 4.69) is 0 Å². The first-order valence-electron chi connectivity index (χ1n) is 4.55. The molecule has 1 aromatic carbocycles. The number of carboxylic acid groups (broad SMARTS) is 1. The van der Waals surface area contributed by atoms with Crippen LogP contribution in [-0.4, -0.2) is 25.3 Å². The average Bonchev–Trinajstić information content (AvgIpc) is 2.66. The molecule has 1 heterocycles. The molecule has 1 N–H and O–H groups in total. The van der Waals surface area contributed by atoms with Crippen molar-refractivity contribution in [3.05, 3.63) is 24.0 Å². The highest BCUT2D eigenvalue weighted by Crippen LogP contribution is 2.34. The topological polar surface area (TPSA) is 68.9 Å². The van der Waals surface area contributed by atoms with E-state index >= 15 is 0 Å². The highest BCUT2D eigenvalue weighted by molar-refractivity contribution is 6.04. The zero-order valence-electron chi connectivity index (χ0n) is 8.81. The minimum absolute atomic E-state index is 0.147. The maximum Gasteiger partial charge on any atom is 0.372 e. The number of carbonyl (C=O) groups is 1. The minimum atomic E-state index is -1.14. The van der Waals surface area contributed by atoms with Gasteiger partial charge in [-0.05, 0) is 18.2 Å². The van der Waals surface area contributed by atoms with E-state index in [-0.39, 0.29) is 11.7 Å². The summed E-state index contributed by atoms with van der Waals surface area (Å²) in [6, 6.07) is 5.01. The van der Waals surface area contributed by atoms with Crippen molar-refractivity contribution in [3.63, 3.8) is 0 Å². The Morgan fingerprint density at radius 3 is 2.56 bits per heavy atom. The Kier molecular flexibility index (Phi) is 2.44. The molecule has 1 aromatic heterocycles. The molecule has 0 fully saturated rings. The van der Waals surface area contributed by atoms with E-state index in [0.29, 0.717) is 16.5 Å². The summed E-state index contributed by atoms with van der Waals surface area (Å²) in [5.41, 5.74) is 0. The molecule has 2 rings (SSSR count). The summed E-state index contributed by atoms with van der Waals surface area (Å²) in [6.07, 6.45) is 0. The number of hydrogen-bond acceptors (Lipinski definition) is 4. The molecule has 0 spiro atoms. The van der Waals surface area contributed by atoms with Gasteiger partial charge in [0.25, 0.3) is 5.95 Å². The van der Waals surface area contributed by atoms with Crippen LogP contribution in [0.2, 0.25) is 0 Å². The van der Waals surface area contributed by atoms with Crippen molar-refractivity contribution < 1.29 is 23.8 Å². The van der Waals surface area contributed by atoms with Crippen LogP contribution < -0.4 is 9.47 Å². The molecule has 5 nitrogen and oxygen atoms in total. The predicted molar refractivity (Wildman–Crippen MR) is 56.3 cm³/mol. The summed E-state index contributed by atoms with van der Waals surface area (Å²) >= 11 is 0. The Morgan fingerprint density at radius 1 is 1.25 bits per heavy atom. The zero-order chi connectivity index (χ0) is 11.7. The average molecular weight is 222 g/mol. The lowest BCUT2D eigenvalue weighted by molar-refractivity contribution is 0.0659. The second-order valence-electron chi connectivity index (χ2n) is 3.14. The van der Waals surface area contributed by atoms with E-state index in [1.807, 2.05) is 0 Å². The summed E-state index contributed by atoms with van der Waals surface area (Å²) in [6.45, 7) is 0. The number of ether oxygens (including phenoxy) is 2. The van der Waals surface area contributed by atoms with Gasteiger partial charge in [-0.2, -0.15) is 0 Å². The normalized spacial score (nSPS) is 10.4. The number of furan rings is 1. The van der Waals surface area contributed by atoms with Crippen LogP contribution in [0.15, 0.2) is 22.6 Å². The van der Waals surface area contributed by atoms with Gasteiger partial charge in [0.2, 0.25) is 5.76 Å². The minimum Gasteiger partial charge on any atom is -0.497 e. The first-order chi connectivity index (χ1) is 7.67. The van der Waals surface area contributed by atoms with E-state index in [1.165, 1.54) is 14.2 Å². The second kappa shape index (κ2) is 3.77. The molecule has 84 valence electrons. The lowest BCUT2D eigenvalue weighted by Gasteiger charge is -1.98. The van der Waals surface area contributed by atoms with Crippen molar-refractivity contribution in [2.24, 2.45) is 0 Å². The first kappa shape index (κ1) is 10.4. The molecule has 16 heavy (non-hydrogen) atoms. The number of aromatic carboxylic acids is 1. The fraction of sp³-hybridized carbons (Fsp3) is 0.182. The smallest absolute Gasteiger partial charge is 0.372 e. The number of benzene rings is 1. The quantitative estimate of drug-likeness (QED) is 0.861. The van der Waals surface area contributed by atoms with E-state index in [9.17, 15) is 4.79 Å². The lowest BCUT2D eigenvalue weighted by atomic mass is 10.1. The standard InChI is InChI=1S/C11H10O5/c1-14-6-3-4-7-8(5-6)9(10(12)13)16-11(7)15-2/h3-5H,1-2H3,(H,12,13). The third kappa shape index (κ3) is 1.46. The van der Waals surface area contributed by atoms with E-state index in [0.717, 1.165) is 0 Å². The van der Waals surface area contributed by atoms with Gasteiger partial charge in [0.05, 0.1) is 19.6 Å². The third-order valence-electron chi connectivity index (χ3n) is 2.27. The Labute approximate surface area is 91.2 Å². The molecule has 0 aliphatic carbocycles. The number of carboxylic acids is 1. The van der Waals surface area contributed by atoms with Crippen molar-refractivity contribution >= 4 is 16.7 Å². The van der Waals surface area contributed by atoms with Crippen LogP contribution in [0.4, 0.5) is 0 Å². The highest BCUT2D eigenvalue weighted by atomic mass is 16.6. The van der Waals surface area contributed by atoms with Crippen molar-refractivity contribution in [1.29, 1.82) is 0 Å². The van der Waals surface area contributed by atoms with Gasteiger partial charge in [0.15, 0.2) is 0 Å². The van der Waals surface area contributed by atoms with Gasteiger partial charge in [0.1, 0.15) is 5.75 Å². The molecular formula is C11H10O5. The van der Waals surface area contributed by atoms with Gasteiger partial charge in [-0.25, -0.2) is 4.79 Å².